The molecule has 0 radical (unpaired) electrons. The van der Waals surface area contributed by atoms with Gasteiger partial charge in [0.1, 0.15) is 11.6 Å². The van der Waals surface area contributed by atoms with Gasteiger partial charge in [0.2, 0.25) is 5.91 Å². The molecule has 1 heterocycles. The summed E-state index contributed by atoms with van der Waals surface area (Å²) >= 11 is 6.01. The van der Waals surface area contributed by atoms with Crippen molar-refractivity contribution in [1.29, 1.82) is 0 Å². The van der Waals surface area contributed by atoms with Crippen molar-refractivity contribution in [3.05, 3.63) is 34.9 Å². The highest BCUT2D eigenvalue weighted by Gasteiger charge is 2.50. The van der Waals surface area contributed by atoms with Crippen LogP contribution >= 0.6 is 11.6 Å². The summed E-state index contributed by atoms with van der Waals surface area (Å²) < 4.78 is 5.48. The van der Waals surface area contributed by atoms with Gasteiger partial charge in [0.25, 0.3) is 0 Å². The Balaban J connectivity index is 2.23. The fourth-order valence-electron chi connectivity index (χ4n) is 4.30. The van der Waals surface area contributed by atoms with Gasteiger partial charge < -0.3 is 14.7 Å². The van der Waals surface area contributed by atoms with E-state index in [9.17, 15) is 14.7 Å². The van der Waals surface area contributed by atoms with Crippen LogP contribution in [0.15, 0.2) is 24.3 Å². The molecule has 174 valence electrons. The van der Waals surface area contributed by atoms with E-state index in [1.165, 1.54) is 4.90 Å². The van der Waals surface area contributed by atoms with Crippen molar-refractivity contribution in [1.82, 2.24) is 9.80 Å². The van der Waals surface area contributed by atoms with Crippen molar-refractivity contribution < 1.29 is 19.4 Å². The molecule has 7 heteroatoms. The number of aliphatic hydroxyl groups is 1. The SMILES string of the molecule is CC(C)[C@H](C(=O)N1CC[C@](O)(c2ccc(Cl)cc2)C(C)(C)C1)N(C)C(=O)OC(C)(C)C. The second-order valence-electron chi connectivity index (χ2n) is 10.5. The van der Waals surface area contributed by atoms with Gasteiger partial charge in [-0.05, 0) is 50.8 Å². The van der Waals surface area contributed by atoms with Gasteiger partial charge in [0.15, 0.2) is 0 Å². The molecule has 2 atom stereocenters. The van der Waals surface area contributed by atoms with Crippen LogP contribution in [0.1, 0.15) is 60.5 Å². The van der Waals surface area contributed by atoms with Gasteiger partial charge in [-0.3, -0.25) is 9.69 Å². The molecule has 1 aliphatic rings. The minimum atomic E-state index is -1.08. The summed E-state index contributed by atoms with van der Waals surface area (Å²) in [6.45, 7) is 13.9. The van der Waals surface area contributed by atoms with Crippen molar-refractivity contribution in [2.24, 2.45) is 11.3 Å². The monoisotopic (exact) mass is 452 g/mol. The van der Waals surface area contributed by atoms with Crippen LogP contribution in [0.25, 0.3) is 0 Å². The minimum Gasteiger partial charge on any atom is -0.444 e. The van der Waals surface area contributed by atoms with E-state index in [2.05, 4.69) is 0 Å². The Morgan fingerprint density at radius 1 is 1.19 bits per heavy atom. The fourth-order valence-corrected chi connectivity index (χ4v) is 4.43. The molecule has 0 bridgehead atoms. The molecular weight excluding hydrogens is 416 g/mol. The fraction of sp³-hybridized carbons (Fsp3) is 0.667. The highest BCUT2D eigenvalue weighted by atomic mass is 35.5. The maximum absolute atomic E-state index is 13.5. The van der Waals surface area contributed by atoms with Crippen LogP contribution < -0.4 is 0 Å². The first kappa shape index (κ1) is 25.5. The van der Waals surface area contributed by atoms with Crippen LogP contribution in [-0.2, 0) is 15.1 Å². The van der Waals surface area contributed by atoms with E-state index in [1.807, 2.05) is 39.8 Å². The number of benzene rings is 1. The minimum absolute atomic E-state index is 0.0924. The standard InChI is InChI=1S/C24H37ClN2O4/c1-16(2)19(26(8)21(29)31-22(3,4)5)20(28)27-14-13-24(30,23(6,7)15-27)17-9-11-18(25)12-10-17/h9-12,16,19,30H,13-15H2,1-8H3/t19-,24+/m1/s1. The molecule has 0 spiro atoms. The lowest BCUT2D eigenvalue weighted by Crippen LogP contribution is -2.60. The molecule has 1 saturated heterocycles. The summed E-state index contributed by atoms with van der Waals surface area (Å²) in [6.07, 6.45) is -0.123. The van der Waals surface area contributed by atoms with E-state index in [0.29, 0.717) is 24.5 Å². The highest BCUT2D eigenvalue weighted by Crippen LogP contribution is 2.46. The Morgan fingerprint density at radius 2 is 1.74 bits per heavy atom. The van der Waals surface area contributed by atoms with Crippen molar-refractivity contribution >= 4 is 23.6 Å². The first-order valence-electron chi connectivity index (χ1n) is 10.8. The largest absolute Gasteiger partial charge is 0.444 e. The smallest absolute Gasteiger partial charge is 0.410 e. The van der Waals surface area contributed by atoms with Gasteiger partial charge in [-0.2, -0.15) is 0 Å². The number of carbonyl (C=O) groups excluding carboxylic acids is 2. The van der Waals surface area contributed by atoms with Crippen LogP contribution in [0.2, 0.25) is 5.02 Å². The van der Waals surface area contributed by atoms with Gasteiger partial charge in [-0.15, -0.1) is 0 Å². The van der Waals surface area contributed by atoms with Crippen LogP contribution in [-0.4, -0.2) is 58.7 Å². The molecule has 0 saturated carbocycles. The molecular formula is C24H37ClN2O4. The number of piperidine rings is 1. The molecule has 2 amide bonds. The number of rotatable bonds is 4. The summed E-state index contributed by atoms with van der Waals surface area (Å²) in [4.78, 5) is 29.3. The number of halogens is 1. The number of hydrogen-bond donors (Lipinski definition) is 1. The zero-order valence-corrected chi connectivity index (χ0v) is 20.8. The van der Waals surface area contributed by atoms with Crippen molar-refractivity contribution in [3.8, 4) is 0 Å². The number of likely N-dealkylation sites (tertiary alicyclic amines) is 1. The number of ether oxygens (including phenoxy) is 1. The second-order valence-corrected chi connectivity index (χ2v) is 11.0. The molecule has 6 nitrogen and oxygen atoms in total. The topological polar surface area (TPSA) is 70.1 Å². The molecule has 1 aliphatic heterocycles. The molecule has 1 N–H and O–H groups in total. The molecule has 0 aliphatic carbocycles. The zero-order valence-electron chi connectivity index (χ0n) is 20.0. The summed E-state index contributed by atoms with van der Waals surface area (Å²) in [6, 6.07) is 6.58. The summed E-state index contributed by atoms with van der Waals surface area (Å²) in [5.74, 6) is -0.222. The highest BCUT2D eigenvalue weighted by molar-refractivity contribution is 6.30. The van der Waals surface area contributed by atoms with Gasteiger partial charge in [-0.25, -0.2) is 4.79 Å². The Hall–Kier alpha value is -1.79. The maximum atomic E-state index is 13.5. The maximum Gasteiger partial charge on any atom is 0.410 e. The number of carbonyl (C=O) groups is 2. The zero-order chi connectivity index (χ0) is 23.8. The van der Waals surface area contributed by atoms with Crippen LogP contribution in [0.4, 0.5) is 4.79 Å². The molecule has 31 heavy (non-hydrogen) atoms. The van der Waals surface area contributed by atoms with Crippen molar-refractivity contribution in [2.75, 3.05) is 20.1 Å². The normalized spacial score (nSPS) is 22.2. The Labute approximate surface area is 191 Å². The Morgan fingerprint density at radius 3 is 2.19 bits per heavy atom. The van der Waals surface area contributed by atoms with E-state index in [-0.39, 0.29) is 11.8 Å². The molecule has 1 aromatic carbocycles. The number of amides is 2. The molecule has 1 fully saturated rings. The molecule has 1 aromatic rings. The number of hydrogen-bond acceptors (Lipinski definition) is 4. The van der Waals surface area contributed by atoms with E-state index >= 15 is 0 Å². The summed E-state index contributed by atoms with van der Waals surface area (Å²) in [7, 11) is 1.61. The van der Waals surface area contributed by atoms with Gasteiger partial charge >= 0.3 is 6.09 Å². The van der Waals surface area contributed by atoms with E-state index < -0.39 is 28.8 Å². The van der Waals surface area contributed by atoms with E-state index in [0.717, 1.165) is 5.56 Å². The quantitative estimate of drug-likeness (QED) is 0.720. The first-order valence-corrected chi connectivity index (χ1v) is 11.2. The average Bonchev–Trinajstić information content (AvgIpc) is 2.62. The predicted molar refractivity (Wildman–Crippen MR) is 123 cm³/mol. The Kier molecular flexibility index (Phi) is 7.38. The molecule has 0 aromatic heterocycles. The Bertz CT molecular complexity index is 801. The van der Waals surface area contributed by atoms with Crippen LogP contribution in [0.3, 0.4) is 0 Å². The third-order valence-electron chi connectivity index (χ3n) is 6.07. The third kappa shape index (κ3) is 5.53. The molecule has 0 unspecified atom stereocenters. The lowest BCUT2D eigenvalue weighted by molar-refractivity contribution is -0.158. The van der Waals surface area contributed by atoms with Crippen molar-refractivity contribution in [2.45, 2.75) is 72.1 Å². The first-order chi connectivity index (χ1) is 14.1. The predicted octanol–water partition coefficient (Wildman–Crippen LogP) is 4.68. The van der Waals surface area contributed by atoms with Gasteiger partial charge in [0, 0.05) is 30.6 Å². The van der Waals surface area contributed by atoms with Gasteiger partial charge in [-0.1, -0.05) is 51.4 Å². The van der Waals surface area contributed by atoms with Crippen LogP contribution in [0, 0.1) is 11.3 Å². The second kappa shape index (κ2) is 8.99. The van der Waals surface area contributed by atoms with Crippen molar-refractivity contribution in [3.63, 3.8) is 0 Å². The van der Waals surface area contributed by atoms with Gasteiger partial charge in [0.05, 0.1) is 5.60 Å². The average molecular weight is 453 g/mol. The lowest BCUT2D eigenvalue weighted by atomic mass is 9.66. The molecule has 2 rings (SSSR count). The summed E-state index contributed by atoms with van der Waals surface area (Å²) in [5.41, 5.74) is -1.53. The number of likely N-dealkylation sites (N-methyl/N-ethyl adjacent to an activating group) is 1. The summed E-state index contributed by atoms with van der Waals surface area (Å²) in [5, 5.41) is 12.2. The number of nitrogens with zero attached hydrogens (tertiary/aromatic N) is 2. The third-order valence-corrected chi connectivity index (χ3v) is 6.32. The lowest BCUT2D eigenvalue weighted by Gasteiger charge is -2.51. The van der Waals surface area contributed by atoms with E-state index in [1.54, 1.807) is 44.9 Å². The van der Waals surface area contributed by atoms with Crippen LogP contribution in [0.5, 0.6) is 0 Å². The van der Waals surface area contributed by atoms with E-state index in [4.69, 9.17) is 16.3 Å².